The molecule has 20 heavy (non-hydrogen) atoms. The lowest BCUT2D eigenvalue weighted by atomic mass is 9.96. The van der Waals surface area contributed by atoms with Crippen molar-refractivity contribution >= 4 is 11.6 Å². The van der Waals surface area contributed by atoms with Crippen LogP contribution in [0.15, 0.2) is 23.2 Å². The van der Waals surface area contributed by atoms with Gasteiger partial charge in [0.25, 0.3) is 0 Å². The van der Waals surface area contributed by atoms with Gasteiger partial charge < -0.3 is 4.90 Å². The average molecular weight is 274 g/mol. The maximum absolute atomic E-state index is 5.68. The molecule has 0 aromatic heterocycles. The summed E-state index contributed by atoms with van der Waals surface area (Å²) < 4.78 is 0. The van der Waals surface area contributed by atoms with Crippen LogP contribution >= 0.6 is 0 Å². The van der Waals surface area contributed by atoms with Crippen molar-refractivity contribution in [3.05, 3.63) is 29.3 Å². The fourth-order valence-electron chi connectivity index (χ4n) is 2.87. The van der Waals surface area contributed by atoms with Crippen LogP contribution in [0.25, 0.3) is 0 Å². The lowest BCUT2D eigenvalue weighted by molar-refractivity contribution is 0.442. The van der Waals surface area contributed by atoms with Crippen LogP contribution in [0.1, 0.15) is 43.2 Å². The third-order valence-electron chi connectivity index (χ3n) is 3.92. The summed E-state index contributed by atoms with van der Waals surface area (Å²) in [7, 11) is 2.01. The molecule has 0 saturated heterocycles. The van der Waals surface area contributed by atoms with E-state index in [1.54, 1.807) is 0 Å². The van der Waals surface area contributed by atoms with Crippen LogP contribution in [-0.4, -0.2) is 19.0 Å². The molecule has 2 rings (SSSR count). The third-order valence-corrected chi connectivity index (χ3v) is 3.92. The number of hydrogen-bond acceptors (Lipinski definition) is 2. The zero-order valence-electron chi connectivity index (χ0n) is 12.8. The summed E-state index contributed by atoms with van der Waals surface area (Å²) >= 11 is 0. The predicted molar refractivity (Wildman–Crippen MR) is 86.0 cm³/mol. The second-order valence-electron chi connectivity index (χ2n) is 5.79. The summed E-state index contributed by atoms with van der Waals surface area (Å²) in [4.78, 5) is 6.83. The molecule has 1 aliphatic rings. The van der Waals surface area contributed by atoms with Gasteiger partial charge in [-0.25, -0.2) is 10.8 Å². The van der Waals surface area contributed by atoms with Crippen LogP contribution in [0.4, 0.5) is 5.69 Å². The summed E-state index contributed by atoms with van der Waals surface area (Å²) in [5.41, 5.74) is 6.38. The summed E-state index contributed by atoms with van der Waals surface area (Å²) in [6.45, 7) is 4.22. The second kappa shape index (κ2) is 6.75. The Labute approximate surface area is 122 Å². The van der Waals surface area contributed by atoms with Crippen LogP contribution in [0.5, 0.6) is 0 Å². The molecule has 0 atom stereocenters. The minimum absolute atomic E-state index is 0.406. The van der Waals surface area contributed by atoms with Gasteiger partial charge in [-0.2, -0.15) is 0 Å². The van der Waals surface area contributed by atoms with Gasteiger partial charge >= 0.3 is 0 Å². The molecule has 1 aromatic carbocycles. The highest BCUT2D eigenvalue weighted by Crippen LogP contribution is 2.22. The monoisotopic (exact) mass is 274 g/mol. The zero-order valence-corrected chi connectivity index (χ0v) is 12.8. The fraction of sp³-hybridized carbons (Fsp3) is 0.562. The first-order valence-electron chi connectivity index (χ1n) is 7.46. The molecule has 4 nitrogen and oxygen atoms in total. The Hall–Kier alpha value is -1.55. The summed E-state index contributed by atoms with van der Waals surface area (Å²) in [5, 5.41) is 0. The van der Waals surface area contributed by atoms with E-state index in [2.05, 4.69) is 37.5 Å². The Morgan fingerprint density at radius 2 is 1.75 bits per heavy atom. The second-order valence-corrected chi connectivity index (χ2v) is 5.79. The number of guanidine groups is 1. The van der Waals surface area contributed by atoms with Gasteiger partial charge in [0.1, 0.15) is 0 Å². The maximum Gasteiger partial charge on any atom is 0.212 e. The normalized spacial score (nSPS) is 17.1. The van der Waals surface area contributed by atoms with Crippen LogP contribution in [-0.2, 0) is 0 Å². The van der Waals surface area contributed by atoms with Crippen LogP contribution in [0, 0.1) is 13.8 Å². The van der Waals surface area contributed by atoms with Crippen molar-refractivity contribution in [2.75, 3.05) is 11.9 Å². The molecule has 0 spiro atoms. The molecular formula is C16H26N4. The SMILES string of the molecule is Cc1cc(C)cc(N(C)C(=NC2CCCCC2)NN)c1. The summed E-state index contributed by atoms with van der Waals surface area (Å²) in [6.07, 6.45) is 6.24. The smallest absolute Gasteiger partial charge is 0.212 e. The molecule has 0 unspecified atom stereocenters. The number of aryl methyl sites for hydroxylation is 2. The molecule has 0 radical (unpaired) electrons. The first-order chi connectivity index (χ1) is 9.60. The number of hydrogen-bond donors (Lipinski definition) is 2. The van der Waals surface area contributed by atoms with Gasteiger partial charge in [-0.05, 0) is 49.9 Å². The van der Waals surface area contributed by atoms with Gasteiger partial charge in [0, 0.05) is 12.7 Å². The molecule has 3 N–H and O–H groups in total. The third kappa shape index (κ3) is 3.73. The van der Waals surface area contributed by atoms with Crippen LogP contribution in [0.2, 0.25) is 0 Å². The Kier molecular flexibility index (Phi) is 5.01. The zero-order chi connectivity index (χ0) is 14.5. The standard InChI is InChI=1S/C16H26N4/c1-12-9-13(2)11-15(10-12)20(3)16(19-17)18-14-7-5-4-6-8-14/h9-11,14H,4-8,17H2,1-3H3,(H,18,19). The molecule has 0 heterocycles. The molecule has 4 heteroatoms. The lowest BCUT2D eigenvalue weighted by Crippen LogP contribution is -2.44. The van der Waals surface area contributed by atoms with E-state index in [-0.39, 0.29) is 0 Å². The van der Waals surface area contributed by atoms with Crippen molar-refractivity contribution in [3.8, 4) is 0 Å². The number of nitrogens with one attached hydrogen (secondary N) is 1. The Bertz CT molecular complexity index is 455. The van der Waals surface area contributed by atoms with E-state index in [9.17, 15) is 0 Å². The number of hydrazine groups is 1. The van der Waals surface area contributed by atoms with Crippen molar-refractivity contribution in [1.29, 1.82) is 0 Å². The predicted octanol–water partition coefficient (Wildman–Crippen LogP) is 2.89. The molecule has 110 valence electrons. The minimum atomic E-state index is 0.406. The molecule has 1 fully saturated rings. The van der Waals surface area contributed by atoms with Crippen molar-refractivity contribution in [1.82, 2.24) is 5.43 Å². The van der Waals surface area contributed by atoms with Gasteiger partial charge in [0.05, 0.1) is 6.04 Å². The molecule has 0 bridgehead atoms. The van der Waals surface area contributed by atoms with E-state index in [0.29, 0.717) is 6.04 Å². The first kappa shape index (κ1) is 14.9. The van der Waals surface area contributed by atoms with Gasteiger partial charge in [-0.15, -0.1) is 0 Å². The van der Waals surface area contributed by atoms with Crippen molar-refractivity contribution < 1.29 is 0 Å². The highest BCUT2D eigenvalue weighted by molar-refractivity contribution is 5.95. The van der Waals surface area contributed by atoms with Crippen LogP contribution < -0.4 is 16.2 Å². The number of nitrogens with two attached hydrogens (primary N) is 1. The Balaban J connectivity index is 2.19. The first-order valence-corrected chi connectivity index (χ1v) is 7.46. The Morgan fingerprint density at radius 1 is 1.15 bits per heavy atom. The largest absolute Gasteiger partial charge is 0.315 e. The van der Waals surface area contributed by atoms with E-state index in [1.165, 1.54) is 43.2 Å². The number of aliphatic imine (C=N–C) groups is 1. The molecule has 1 aliphatic carbocycles. The fourth-order valence-corrected chi connectivity index (χ4v) is 2.87. The topological polar surface area (TPSA) is 53.6 Å². The van der Waals surface area contributed by atoms with E-state index in [0.717, 1.165) is 11.6 Å². The number of nitrogens with zero attached hydrogens (tertiary/aromatic N) is 2. The number of anilines is 1. The van der Waals surface area contributed by atoms with E-state index in [4.69, 9.17) is 10.8 Å². The summed E-state index contributed by atoms with van der Waals surface area (Å²) in [5.74, 6) is 6.43. The average Bonchev–Trinajstić information content (AvgIpc) is 2.44. The molecule has 1 aromatic rings. The highest BCUT2D eigenvalue weighted by atomic mass is 15.4. The van der Waals surface area contributed by atoms with Crippen LogP contribution in [0.3, 0.4) is 0 Å². The number of benzene rings is 1. The minimum Gasteiger partial charge on any atom is -0.315 e. The van der Waals surface area contributed by atoms with E-state index in [1.807, 2.05) is 11.9 Å². The van der Waals surface area contributed by atoms with Crippen molar-refractivity contribution in [3.63, 3.8) is 0 Å². The molecule has 0 aliphatic heterocycles. The van der Waals surface area contributed by atoms with E-state index < -0.39 is 0 Å². The van der Waals surface area contributed by atoms with E-state index >= 15 is 0 Å². The van der Waals surface area contributed by atoms with Gasteiger partial charge in [0.15, 0.2) is 0 Å². The van der Waals surface area contributed by atoms with Gasteiger partial charge in [-0.1, -0.05) is 25.3 Å². The molecular weight excluding hydrogens is 248 g/mol. The van der Waals surface area contributed by atoms with Gasteiger partial charge in [0.2, 0.25) is 5.96 Å². The quantitative estimate of drug-likeness (QED) is 0.377. The maximum atomic E-state index is 5.68. The number of rotatable bonds is 2. The summed E-state index contributed by atoms with van der Waals surface area (Å²) in [6, 6.07) is 6.88. The van der Waals surface area contributed by atoms with Crippen molar-refractivity contribution in [2.45, 2.75) is 52.0 Å². The van der Waals surface area contributed by atoms with Gasteiger partial charge in [-0.3, -0.25) is 5.43 Å². The highest BCUT2D eigenvalue weighted by Gasteiger charge is 2.15. The molecule has 1 saturated carbocycles. The lowest BCUT2D eigenvalue weighted by Gasteiger charge is -2.25. The van der Waals surface area contributed by atoms with Crippen molar-refractivity contribution in [2.24, 2.45) is 10.8 Å². The Morgan fingerprint density at radius 3 is 2.30 bits per heavy atom. The molecule has 0 amide bonds.